The van der Waals surface area contributed by atoms with Crippen molar-refractivity contribution in [3.8, 4) is 0 Å². The number of hydrogen-bond acceptors (Lipinski definition) is 4. The van der Waals surface area contributed by atoms with Crippen LogP contribution >= 0.6 is 0 Å². The zero-order valence-electron chi connectivity index (χ0n) is 9.78. The maximum atomic E-state index is 11.7. The van der Waals surface area contributed by atoms with Gasteiger partial charge in [-0.05, 0) is 20.8 Å². The minimum atomic E-state index is -3.88. The fourth-order valence-electron chi connectivity index (χ4n) is 1.08. The lowest BCUT2D eigenvalue weighted by molar-refractivity contribution is -0.138. The van der Waals surface area contributed by atoms with Crippen LogP contribution < -0.4 is 4.72 Å². The highest BCUT2D eigenvalue weighted by molar-refractivity contribution is 7.89. The molecule has 0 aromatic carbocycles. The van der Waals surface area contributed by atoms with Crippen molar-refractivity contribution in [2.45, 2.75) is 37.9 Å². The summed E-state index contributed by atoms with van der Waals surface area (Å²) in [5.74, 6) is -1.24. The molecule has 0 saturated carbocycles. The van der Waals surface area contributed by atoms with E-state index in [4.69, 9.17) is 5.11 Å². The molecule has 0 bridgehead atoms. The highest BCUT2D eigenvalue weighted by Crippen LogP contribution is 2.10. The number of carboxylic acids is 1. The molecule has 1 atom stereocenters. The van der Waals surface area contributed by atoms with Gasteiger partial charge in [0.25, 0.3) is 10.0 Å². The molecule has 0 aliphatic heterocycles. The minimum Gasteiger partial charge on any atom is -0.480 e. The van der Waals surface area contributed by atoms with Crippen molar-refractivity contribution in [1.29, 1.82) is 0 Å². The molecule has 96 valence electrons. The number of hydrogen-bond donors (Lipinski definition) is 2. The van der Waals surface area contributed by atoms with Gasteiger partial charge in [-0.25, -0.2) is 13.4 Å². The van der Waals surface area contributed by atoms with Crippen LogP contribution in [0.15, 0.2) is 17.6 Å². The second-order valence-electron chi connectivity index (χ2n) is 3.93. The molecule has 0 saturated heterocycles. The van der Waals surface area contributed by atoms with Gasteiger partial charge < -0.3 is 9.67 Å². The van der Waals surface area contributed by atoms with E-state index in [2.05, 4.69) is 4.98 Å². The number of rotatable bonds is 5. The van der Waals surface area contributed by atoms with E-state index in [1.165, 1.54) is 19.4 Å². The molecule has 0 aliphatic rings. The lowest BCUT2D eigenvalue weighted by Crippen LogP contribution is -2.38. The summed E-state index contributed by atoms with van der Waals surface area (Å²) in [4.78, 5) is 14.3. The molecule has 1 aromatic rings. The van der Waals surface area contributed by atoms with E-state index in [0.29, 0.717) is 0 Å². The largest absolute Gasteiger partial charge is 0.480 e. The van der Waals surface area contributed by atoms with Crippen LogP contribution in [0.5, 0.6) is 0 Å². The number of carbonyl (C=O) groups is 1. The second kappa shape index (κ2) is 4.84. The molecule has 0 fully saturated rings. The average Bonchev–Trinajstić information content (AvgIpc) is 2.65. The van der Waals surface area contributed by atoms with Crippen LogP contribution in [0, 0.1) is 0 Å². The first-order valence-electron chi connectivity index (χ1n) is 5.02. The van der Waals surface area contributed by atoms with E-state index in [0.717, 1.165) is 0 Å². The molecule has 0 unspecified atom stereocenters. The summed E-state index contributed by atoms with van der Waals surface area (Å²) in [6.07, 6.45) is 2.76. The van der Waals surface area contributed by atoms with E-state index in [-0.39, 0.29) is 11.1 Å². The number of nitrogens with one attached hydrogen (secondary N) is 1. The number of sulfonamides is 1. The molecule has 1 rings (SSSR count). The number of aliphatic carboxylic acids is 1. The normalized spacial score (nSPS) is 13.9. The Morgan fingerprint density at radius 3 is 2.47 bits per heavy atom. The lowest BCUT2D eigenvalue weighted by atomic mass is 10.4. The monoisotopic (exact) mass is 261 g/mol. The van der Waals surface area contributed by atoms with E-state index < -0.39 is 22.0 Å². The van der Waals surface area contributed by atoms with E-state index in [1.54, 1.807) is 4.57 Å². The summed E-state index contributed by atoms with van der Waals surface area (Å²) in [6, 6.07) is -1.10. The first-order valence-corrected chi connectivity index (χ1v) is 6.51. The van der Waals surface area contributed by atoms with E-state index in [1.807, 2.05) is 18.6 Å². The van der Waals surface area contributed by atoms with Crippen LogP contribution in [-0.2, 0) is 14.8 Å². The van der Waals surface area contributed by atoms with Crippen molar-refractivity contribution in [2.24, 2.45) is 0 Å². The van der Waals surface area contributed by atoms with Gasteiger partial charge in [0.1, 0.15) is 6.04 Å². The number of aromatic nitrogens is 2. The SMILES string of the molecule is CC(C)n1cnc(S(=O)(=O)N[C@H](C)C(=O)O)c1. The maximum Gasteiger partial charge on any atom is 0.321 e. The highest BCUT2D eigenvalue weighted by atomic mass is 32.2. The Kier molecular flexibility index (Phi) is 3.89. The van der Waals surface area contributed by atoms with Gasteiger partial charge in [0.05, 0.1) is 6.33 Å². The quantitative estimate of drug-likeness (QED) is 0.789. The standard InChI is InChI=1S/C9H15N3O4S/c1-6(2)12-4-8(10-5-12)17(15,16)11-7(3)9(13)14/h4-7,11H,1-3H3,(H,13,14)/t7-/m1/s1. The first-order chi connectivity index (χ1) is 7.74. The Labute approximate surface area is 99.5 Å². The topological polar surface area (TPSA) is 101 Å². The van der Waals surface area contributed by atoms with Crippen molar-refractivity contribution in [2.75, 3.05) is 0 Å². The summed E-state index contributed by atoms with van der Waals surface area (Å²) in [7, 11) is -3.88. The Hall–Kier alpha value is -1.41. The molecule has 1 aromatic heterocycles. The maximum absolute atomic E-state index is 11.7. The molecular weight excluding hydrogens is 246 g/mol. The average molecular weight is 261 g/mol. The summed E-state index contributed by atoms with van der Waals surface area (Å²) in [5.41, 5.74) is 0. The Bertz CT molecular complexity index is 506. The molecule has 8 heteroatoms. The van der Waals surface area contributed by atoms with Crippen LogP contribution in [0.4, 0.5) is 0 Å². The Morgan fingerprint density at radius 2 is 2.06 bits per heavy atom. The highest BCUT2D eigenvalue weighted by Gasteiger charge is 2.23. The molecule has 17 heavy (non-hydrogen) atoms. The molecule has 0 radical (unpaired) electrons. The summed E-state index contributed by atoms with van der Waals surface area (Å²) in [5, 5.41) is 8.45. The lowest BCUT2D eigenvalue weighted by Gasteiger charge is -2.08. The second-order valence-corrected chi connectivity index (χ2v) is 5.59. The van der Waals surface area contributed by atoms with E-state index >= 15 is 0 Å². The van der Waals surface area contributed by atoms with Crippen LogP contribution in [0.1, 0.15) is 26.8 Å². The predicted octanol–water partition coefficient (Wildman–Crippen LogP) is 0.215. The fraction of sp³-hybridized carbons (Fsp3) is 0.556. The molecule has 7 nitrogen and oxygen atoms in total. The van der Waals surface area contributed by atoms with Gasteiger partial charge in [0.15, 0.2) is 5.03 Å². The number of nitrogens with zero attached hydrogens (tertiary/aromatic N) is 2. The van der Waals surface area contributed by atoms with Crippen LogP contribution in [0.2, 0.25) is 0 Å². The van der Waals surface area contributed by atoms with E-state index in [9.17, 15) is 13.2 Å². The van der Waals surface area contributed by atoms with Gasteiger partial charge in [-0.1, -0.05) is 0 Å². The van der Waals surface area contributed by atoms with Crippen LogP contribution in [-0.4, -0.2) is 35.1 Å². The third-order valence-corrected chi connectivity index (χ3v) is 3.58. The zero-order chi connectivity index (χ0) is 13.2. The molecule has 1 heterocycles. The Balaban J connectivity index is 2.93. The van der Waals surface area contributed by atoms with Crippen molar-refractivity contribution in [3.05, 3.63) is 12.5 Å². The smallest absolute Gasteiger partial charge is 0.321 e. The fourth-order valence-corrected chi connectivity index (χ4v) is 2.22. The van der Waals surface area contributed by atoms with Crippen molar-refractivity contribution in [1.82, 2.24) is 14.3 Å². The number of carboxylic acid groups (broad SMARTS) is 1. The molecule has 0 aliphatic carbocycles. The van der Waals surface area contributed by atoms with Gasteiger partial charge in [-0.2, -0.15) is 4.72 Å². The van der Waals surface area contributed by atoms with Gasteiger partial charge >= 0.3 is 5.97 Å². The molecular formula is C9H15N3O4S. The van der Waals surface area contributed by atoms with Gasteiger partial charge in [-0.3, -0.25) is 4.79 Å². The molecule has 0 amide bonds. The van der Waals surface area contributed by atoms with Crippen molar-refractivity contribution < 1.29 is 18.3 Å². The summed E-state index contributed by atoms with van der Waals surface area (Å²) in [6.45, 7) is 5.01. The third kappa shape index (κ3) is 3.27. The molecule has 2 N–H and O–H groups in total. The predicted molar refractivity (Wildman–Crippen MR) is 60.0 cm³/mol. The van der Waals surface area contributed by atoms with Crippen LogP contribution in [0.3, 0.4) is 0 Å². The third-order valence-electron chi connectivity index (χ3n) is 2.15. The van der Waals surface area contributed by atoms with Gasteiger partial charge in [0.2, 0.25) is 0 Å². The van der Waals surface area contributed by atoms with Crippen LogP contribution in [0.25, 0.3) is 0 Å². The van der Waals surface area contributed by atoms with Crippen molar-refractivity contribution >= 4 is 16.0 Å². The first kappa shape index (κ1) is 13.7. The van der Waals surface area contributed by atoms with Crippen molar-refractivity contribution in [3.63, 3.8) is 0 Å². The summed E-state index contributed by atoms with van der Waals surface area (Å²) < 4.78 is 27.1. The Morgan fingerprint density at radius 1 is 1.47 bits per heavy atom. The van der Waals surface area contributed by atoms with Gasteiger partial charge in [0, 0.05) is 12.2 Å². The minimum absolute atomic E-state index is 0.0864. The number of imidazole rings is 1. The zero-order valence-corrected chi connectivity index (χ0v) is 10.6. The van der Waals surface area contributed by atoms with Gasteiger partial charge in [-0.15, -0.1) is 0 Å². The molecule has 0 spiro atoms. The summed E-state index contributed by atoms with van der Waals surface area (Å²) >= 11 is 0.